The maximum atomic E-state index is 4.26. The molecule has 0 saturated heterocycles. The van der Waals surface area contributed by atoms with Crippen LogP contribution in [0.15, 0.2) is 18.5 Å². The summed E-state index contributed by atoms with van der Waals surface area (Å²) in [5, 5.41) is 3.50. The van der Waals surface area contributed by atoms with Gasteiger partial charge in [-0.2, -0.15) is 0 Å². The van der Waals surface area contributed by atoms with Crippen molar-refractivity contribution < 1.29 is 0 Å². The molecule has 1 aromatic heterocycles. The van der Waals surface area contributed by atoms with Crippen LogP contribution in [-0.2, 0) is 6.54 Å². The summed E-state index contributed by atoms with van der Waals surface area (Å²) in [6, 6.07) is 2.64. The molecule has 3 heteroatoms. The van der Waals surface area contributed by atoms with Crippen LogP contribution in [0.1, 0.15) is 40.2 Å². The van der Waals surface area contributed by atoms with E-state index in [-0.39, 0.29) is 0 Å². The van der Waals surface area contributed by atoms with Crippen molar-refractivity contribution in [3.8, 4) is 0 Å². The average Bonchev–Trinajstić information content (AvgIpc) is 2.37. The topological polar surface area (TPSA) is 28.2 Å². The summed E-state index contributed by atoms with van der Waals surface area (Å²) in [5.41, 5.74) is 2.56. The van der Waals surface area contributed by atoms with E-state index in [0.29, 0.717) is 17.9 Å². The summed E-state index contributed by atoms with van der Waals surface area (Å²) < 4.78 is 0. The minimum atomic E-state index is 0.520. The first-order chi connectivity index (χ1) is 8.93. The highest BCUT2D eigenvalue weighted by molar-refractivity contribution is 5.52. The van der Waals surface area contributed by atoms with E-state index in [0.717, 1.165) is 13.1 Å². The molecule has 0 aromatic carbocycles. The lowest BCUT2D eigenvalue weighted by atomic mass is 10.0. The summed E-state index contributed by atoms with van der Waals surface area (Å²) >= 11 is 0. The maximum Gasteiger partial charge on any atom is 0.0442 e. The van der Waals surface area contributed by atoms with Gasteiger partial charge in [0.05, 0.1) is 0 Å². The van der Waals surface area contributed by atoms with E-state index in [2.05, 4.69) is 62.9 Å². The van der Waals surface area contributed by atoms with Gasteiger partial charge in [-0.3, -0.25) is 4.98 Å². The van der Waals surface area contributed by atoms with E-state index in [4.69, 9.17) is 0 Å². The molecule has 1 heterocycles. The zero-order chi connectivity index (χ0) is 14.4. The molecule has 1 N–H and O–H groups in total. The molecule has 1 aromatic rings. The predicted molar refractivity (Wildman–Crippen MR) is 83.5 cm³/mol. The van der Waals surface area contributed by atoms with Crippen molar-refractivity contribution in [2.75, 3.05) is 18.5 Å². The first-order valence-corrected chi connectivity index (χ1v) is 7.30. The van der Waals surface area contributed by atoms with Crippen LogP contribution in [0.4, 0.5) is 5.69 Å². The molecule has 19 heavy (non-hydrogen) atoms. The van der Waals surface area contributed by atoms with Gasteiger partial charge in [-0.1, -0.05) is 27.7 Å². The maximum absolute atomic E-state index is 4.26. The number of rotatable bonds is 7. The Labute approximate surface area is 118 Å². The van der Waals surface area contributed by atoms with Gasteiger partial charge in [0.25, 0.3) is 0 Å². The Kier molecular flexibility index (Phi) is 6.29. The Balaban J connectivity index is 2.77. The van der Waals surface area contributed by atoms with E-state index in [1.807, 2.05) is 12.4 Å². The van der Waals surface area contributed by atoms with Crippen LogP contribution in [0.25, 0.3) is 0 Å². The van der Waals surface area contributed by atoms with Crippen molar-refractivity contribution in [2.24, 2.45) is 11.8 Å². The quantitative estimate of drug-likeness (QED) is 0.818. The van der Waals surface area contributed by atoms with Crippen LogP contribution < -0.4 is 10.2 Å². The van der Waals surface area contributed by atoms with Gasteiger partial charge >= 0.3 is 0 Å². The molecule has 1 rings (SSSR count). The molecule has 0 fully saturated rings. The molecule has 1 atom stereocenters. The standard InChI is InChI=1S/C16H29N3/c1-12(2)9-18-11-15-10-17-8-7-16(15)19(6)14(5)13(3)4/h7-8,10,12-14,18H,9,11H2,1-6H3. The Morgan fingerprint density at radius 3 is 2.47 bits per heavy atom. The Morgan fingerprint density at radius 2 is 1.89 bits per heavy atom. The molecular weight excluding hydrogens is 234 g/mol. The lowest BCUT2D eigenvalue weighted by Crippen LogP contribution is -2.34. The van der Waals surface area contributed by atoms with Crippen molar-refractivity contribution in [1.29, 1.82) is 0 Å². The molecule has 0 radical (unpaired) electrons. The van der Waals surface area contributed by atoms with Crippen LogP contribution in [0, 0.1) is 11.8 Å². The smallest absolute Gasteiger partial charge is 0.0442 e. The number of anilines is 1. The minimum absolute atomic E-state index is 0.520. The molecule has 108 valence electrons. The first kappa shape index (κ1) is 16.0. The number of pyridine rings is 1. The molecule has 3 nitrogen and oxygen atoms in total. The van der Waals surface area contributed by atoms with Crippen LogP contribution in [0.2, 0.25) is 0 Å². The van der Waals surface area contributed by atoms with Crippen molar-refractivity contribution in [3.63, 3.8) is 0 Å². The van der Waals surface area contributed by atoms with Crippen LogP contribution in [0.5, 0.6) is 0 Å². The molecule has 0 spiro atoms. The highest BCUT2D eigenvalue weighted by Gasteiger charge is 2.16. The summed E-state index contributed by atoms with van der Waals surface area (Å²) in [6.45, 7) is 13.2. The SMILES string of the molecule is CC(C)CNCc1cnccc1N(C)C(C)C(C)C. The number of aromatic nitrogens is 1. The largest absolute Gasteiger partial charge is 0.371 e. The lowest BCUT2D eigenvalue weighted by molar-refractivity contribution is 0.502. The van der Waals surface area contributed by atoms with E-state index >= 15 is 0 Å². The zero-order valence-corrected chi connectivity index (χ0v) is 13.3. The van der Waals surface area contributed by atoms with E-state index in [1.165, 1.54) is 11.3 Å². The van der Waals surface area contributed by atoms with Crippen LogP contribution >= 0.6 is 0 Å². The van der Waals surface area contributed by atoms with Gasteiger partial charge in [0.1, 0.15) is 0 Å². The van der Waals surface area contributed by atoms with Gasteiger partial charge < -0.3 is 10.2 Å². The third-order valence-corrected chi connectivity index (χ3v) is 3.70. The van der Waals surface area contributed by atoms with Gasteiger partial charge in [0.2, 0.25) is 0 Å². The van der Waals surface area contributed by atoms with Crippen molar-refractivity contribution in [3.05, 3.63) is 24.0 Å². The third-order valence-electron chi connectivity index (χ3n) is 3.70. The predicted octanol–water partition coefficient (Wildman–Crippen LogP) is 3.31. The van der Waals surface area contributed by atoms with E-state index in [1.54, 1.807) is 0 Å². The number of nitrogens with zero attached hydrogens (tertiary/aromatic N) is 2. The highest BCUT2D eigenvalue weighted by atomic mass is 15.1. The molecular formula is C16H29N3. The first-order valence-electron chi connectivity index (χ1n) is 7.30. The monoisotopic (exact) mass is 263 g/mol. The number of hydrogen-bond donors (Lipinski definition) is 1. The summed E-state index contributed by atoms with van der Waals surface area (Å²) in [4.78, 5) is 6.62. The molecule has 0 aliphatic rings. The van der Waals surface area contributed by atoms with Crippen LogP contribution in [0.3, 0.4) is 0 Å². The average molecular weight is 263 g/mol. The Hall–Kier alpha value is -1.09. The molecule has 0 bridgehead atoms. The molecule has 0 aliphatic heterocycles. The third kappa shape index (κ3) is 4.83. The van der Waals surface area contributed by atoms with Gasteiger partial charge in [-0.25, -0.2) is 0 Å². The number of hydrogen-bond acceptors (Lipinski definition) is 3. The van der Waals surface area contributed by atoms with Crippen molar-refractivity contribution >= 4 is 5.69 Å². The minimum Gasteiger partial charge on any atom is -0.371 e. The fourth-order valence-corrected chi connectivity index (χ4v) is 2.06. The van der Waals surface area contributed by atoms with Crippen molar-refractivity contribution in [2.45, 2.75) is 47.2 Å². The fraction of sp³-hybridized carbons (Fsp3) is 0.688. The second-order valence-electron chi connectivity index (χ2n) is 6.12. The van der Waals surface area contributed by atoms with E-state index in [9.17, 15) is 0 Å². The zero-order valence-electron chi connectivity index (χ0n) is 13.3. The summed E-state index contributed by atoms with van der Waals surface area (Å²) in [6.07, 6.45) is 3.86. The van der Waals surface area contributed by atoms with Gasteiger partial charge in [0, 0.05) is 43.3 Å². The van der Waals surface area contributed by atoms with Crippen molar-refractivity contribution in [1.82, 2.24) is 10.3 Å². The van der Waals surface area contributed by atoms with Gasteiger partial charge in [-0.15, -0.1) is 0 Å². The lowest BCUT2D eigenvalue weighted by Gasteiger charge is -2.31. The second-order valence-corrected chi connectivity index (χ2v) is 6.12. The fourth-order valence-electron chi connectivity index (χ4n) is 2.06. The summed E-state index contributed by atoms with van der Waals surface area (Å²) in [7, 11) is 2.17. The summed E-state index contributed by atoms with van der Waals surface area (Å²) in [5.74, 6) is 1.31. The van der Waals surface area contributed by atoms with Gasteiger partial charge in [0.15, 0.2) is 0 Å². The molecule has 0 aliphatic carbocycles. The molecule has 0 saturated carbocycles. The Bertz CT molecular complexity index is 374. The van der Waals surface area contributed by atoms with E-state index < -0.39 is 0 Å². The number of nitrogens with one attached hydrogen (secondary N) is 1. The van der Waals surface area contributed by atoms with Crippen LogP contribution in [-0.4, -0.2) is 24.6 Å². The molecule has 0 amide bonds. The normalized spacial score (nSPS) is 13.1. The highest BCUT2D eigenvalue weighted by Crippen LogP contribution is 2.22. The second kappa shape index (κ2) is 7.49. The molecule has 1 unspecified atom stereocenters. The van der Waals surface area contributed by atoms with Gasteiger partial charge in [-0.05, 0) is 31.4 Å². The Morgan fingerprint density at radius 1 is 1.21 bits per heavy atom.